The molecule has 0 atom stereocenters. The molecular weight excluding hydrogens is 328 g/mol. The van der Waals surface area contributed by atoms with Crippen LogP contribution < -0.4 is 10.6 Å². The number of halogens is 1. The summed E-state index contributed by atoms with van der Waals surface area (Å²) in [6, 6.07) is 5.41. The van der Waals surface area contributed by atoms with E-state index in [4.69, 9.17) is 0 Å². The first kappa shape index (κ1) is 14.0. The van der Waals surface area contributed by atoms with Gasteiger partial charge in [-0.25, -0.2) is 0 Å². The third-order valence-electron chi connectivity index (χ3n) is 2.36. The summed E-state index contributed by atoms with van der Waals surface area (Å²) in [6.07, 6.45) is 0. The van der Waals surface area contributed by atoms with Crippen LogP contribution in [0.25, 0.3) is 0 Å². The number of nitrogens with one attached hydrogen (secondary N) is 2. The van der Waals surface area contributed by atoms with Crippen molar-refractivity contribution in [2.45, 2.75) is 13.5 Å². The number of hydrogen-bond donors (Lipinski definition) is 2. The van der Waals surface area contributed by atoms with E-state index >= 15 is 0 Å². The fraction of sp³-hybridized carbons (Fsp3) is 0.250. The molecule has 0 aliphatic rings. The SMILES string of the molecule is CCNC(=O)c1ccc(NCc2sccc2Br)nn1. The molecule has 2 N–H and O–H groups in total. The van der Waals surface area contributed by atoms with Gasteiger partial charge in [-0.05, 0) is 46.4 Å². The van der Waals surface area contributed by atoms with Gasteiger partial charge in [-0.15, -0.1) is 21.5 Å². The Morgan fingerprint density at radius 1 is 1.37 bits per heavy atom. The van der Waals surface area contributed by atoms with Crippen LogP contribution in [-0.2, 0) is 6.54 Å². The zero-order valence-corrected chi connectivity index (χ0v) is 12.7. The van der Waals surface area contributed by atoms with E-state index in [1.165, 1.54) is 4.88 Å². The van der Waals surface area contributed by atoms with Gasteiger partial charge in [0.2, 0.25) is 0 Å². The van der Waals surface area contributed by atoms with E-state index in [2.05, 4.69) is 36.8 Å². The largest absolute Gasteiger partial charge is 0.364 e. The Kier molecular flexibility index (Phi) is 4.86. The van der Waals surface area contributed by atoms with Crippen LogP contribution in [0.1, 0.15) is 22.3 Å². The summed E-state index contributed by atoms with van der Waals surface area (Å²) in [5, 5.41) is 15.7. The topological polar surface area (TPSA) is 66.9 Å². The van der Waals surface area contributed by atoms with Crippen molar-refractivity contribution in [1.82, 2.24) is 15.5 Å². The summed E-state index contributed by atoms with van der Waals surface area (Å²) < 4.78 is 1.08. The van der Waals surface area contributed by atoms with Gasteiger partial charge in [0.1, 0.15) is 5.82 Å². The number of rotatable bonds is 5. The Bertz CT molecular complexity index is 555. The van der Waals surface area contributed by atoms with Crippen molar-refractivity contribution in [3.63, 3.8) is 0 Å². The molecule has 0 radical (unpaired) electrons. The molecule has 0 saturated heterocycles. The summed E-state index contributed by atoms with van der Waals surface area (Å²) in [6.45, 7) is 3.11. The Labute approximate surface area is 123 Å². The maximum atomic E-state index is 11.5. The second kappa shape index (κ2) is 6.63. The molecule has 2 aromatic heterocycles. The summed E-state index contributed by atoms with van der Waals surface area (Å²) in [4.78, 5) is 12.7. The van der Waals surface area contributed by atoms with Crippen LogP contribution in [0.5, 0.6) is 0 Å². The lowest BCUT2D eigenvalue weighted by Gasteiger charge is -2.05. The maximum absolute atomic E-state index is 11.5. The number of thiophene rings is 1. The number of hydrogen-bond acceptors (Lipinski definition) is 5. The highest BCUT2D eigenvalue weighted by Crippen LogP contribution is 2.23. The lowest BCUT2D eigenvalue weighted by Crippen LogP contribution is -2.24. The van der Waals surface area contributed by atoms with Crippen LogP contribution in [0.4, 0.5) is 5.82 Å². The number of carbonyl (C=O) groups excluding carboxylic acids is 1. The van der Waals surface area contributed by atoms with Gasteiger partial charge in [0.25, 0.3) is 5.91 Å². The van der Waals surface area contributed by atoms with Crippen LogP contribution >= 0.6 is 27.3 Å². The fourth-order valence-electron chi connectivity index (χ4n) is 1.42. The van der Waals surface area contributed by atoms with E-state index in [9.17, 15) is 4.79 Å². The van der Waals surface area contributed by atoms with E-state index in [-0.39, 0.29) is 5.91 Å². The average Bonchev–Trinajstić information content (AvgIpc) is 2.83. The normalized spacial score (nSPS) is 10.2. The molecule has 19 heavy (non-hydrogen) atoms. The molecule has 2 heterocycles. The quantitative estimate of drug-likeness (QED) is 0.877. The van der Waals surface area contributed by atoms with Crippen LogP contribution in [0.2, 0.25) is 0 Å². The Hall–Kier alpha value is -1.47. The number of amides is 1. The van der Waals surface area contributed by atoms with Crippen molar-refractivity contribution in [3.8, 4) is 0 Å². The van der Waals surface area contributed by atoms with Crippen molar-refractivity contribution in [3.05, 3.63) is 38.6 Å². The number of nitrogens with zero attached hydrogens (tertiary/aromatic N) is 2. The molecule has 0 aromatic carbocycles. The molecular formula is C12H13BrN4OS. The molecule has 1 amide bonds. The lowest BCUT2D eigenvalue weighted by molar-refractivity contribution is 0.0950. The molecule has 0 aliphatic carbocycles. The van der Waals surface area contributed by atoms with Crippen LogP contribution in [0, 0.1) is 0 Å². The van der Waals surface area contributed by atoms with Gasteiger partial charge in [0.05, 0.1) is 6.54 Å². The van der Waals surface area contributed by atoms with Gasteiger partial charge in [0, 0.05) is 15.9 Å². The molecule has 100 valence electrons. The second-order valence-electron chi connectivity index (χ2n) is 3.71. The Morgan fingerprint density at radius 2 is 2.21 bits per heavy atom. The summed E-state index contributed by atoms with van der Waals surface area (Å²) in [5.41, 5.74) is 0.324. The highest BCUT2D eigenvalue weighted by atomic mass is 79.9. The zero-order valence-electron chi connectivity index (χ0n) is 10.3. The standard InChI is InChI=1S/C12H13BrN4OS/c1-2-14-12(18)9-3-4-11(17-16-9)15-7-10-8(13)5-6-19-10/h3-6H,2,7H2,1H3,(H,14,18)(H,15,17). The summed E-state index contributed by atoms with van der Waals surface area (Å²) >= 11 is 5.13. The first-order valence-electron chi connectivity index (χ1n) is 5.78. The minimum atomic E-state index is -0.206. The second-order valence-corrected chi connectivity index (χ2v) is 5.56. The number of aromatic nitrogens is 2. The van der Waals surface area contributed by atoms with Crippen molar-refractivity contribution in [2.75, 3.05) is 11.9 Å². The Morgan fingerprint density at radius 3 is 2.79 bits per heavy atom. The van der Waals surface area contributed by atoms with Gasteiger partial charge in [-0.3, -0.25) is 4.79 Å². The van der Waals surface area contributed by atoms with Crippen LogP contribution in [-0.4, -0.2) is 22.6 Å². The van der Waals surface area contributed by atoms with Crippen molar-refractivity contribution in [1.29, 1.82) is 0 Å². The smallest absolute Gasteiger partial charge is 0.271 e. The molecule has 5 nitrogen and oxygen atoms in total. The molecule has 2 rings (SSSR count). The first-order chi connectivity index (χ1) is 9.20. The lowest BCUT2D eigenvalue weighted by atomic mass is 10.3. The van der Waals surface area contributed by atoms with Crippen molar-refractivity contribution in [2.24, 2.45) is 0 Å². The minimum absolute atomic E-state index is 0.206. The maximum Gasteiger partial charge on any atom is 0.271 e. The average molecular weight is 341 g/mol. The fourth-order valence-corrected chi connectivity index (χ4v) is 2.85. The molecule has 0 spiro atoms. The first-order valence-corrected chi connectivity index (χ1v) is 7.45. The van der Waals surface area contributed by atoms with Gasteiger partial charge in [-0.1, -0.05) is 0 Å². The summed E-state index contributed by atoms with van der Waals surface area (Å²) in [5.74, 6) is 0.441. The van der Waals surface area contributed by atoms with Crippen LogP contribution in [0.3, 0.4) is 0 Å². The van der Waals surface area contributed by atoms with E-state index in [0.29, 0.717) is 24.6 Å². The molecule has 0 saturated carbocycles. The van der Waals surface area contributed by atoms with Crippen molar-refractivity contribution >= 4 is 39.0 Å². The van der Waals surface area contributed by atoms with Gasteiger partial charge >= 0.3 is 0 Å². The molecule has 0 unspecified atom stereocenters. The molecule has 7 heteroatoms. The van der Waals surface area contributed by atoms with E-state index < -0.39 is 0 Å². The third-order valence-corrected chi connectivity index (χ3v) is 4.28. The summed E-state index contributed by atoms with van der Waals surface area (Å²) in [7, 11) is 0. The Balaban J connectivity index is 1.95. The predicted molar refractivity (Wildman–Crippen MR) is 79.4 cm³/mol. The highest BCUT2D eigenvalue weighted by Gasteiger charge is 2.07. The zero-order chi connectivity index (χ0) is 13.7. The van der Waals surface area contributed by atoms with E-state index in [1.807, 2.05) is 18.4 Å². The van der Waals surface area contributed by atoms with Crippen LogP contribution in [0.15, 0.2) is 28.1 Å². The number of carbonyl (C=O) groups is 1. The molecule has 0 fully saturated rings. The van der Waals surface area contributed by atoms with Gasteiger partial charge in [0.15, 0.2) is 5.69 Å². The van der Waals surface area contributed by atoms with E-state index in [0.717, 1.165) is 4.47 Å². The molecule has 0 bridgehead atoms. The molecule has 0 aliphatic heterocycles. The number of anilines is 1. The highest BCUT2D eigenvalue weighted by molar-refractivity contribution is 9.10. The predicted octanol–water partition coefficient (Wildman–Crippen LogP) is 2.66. The van der Waals surface area contributed by atoms with E-state index in [1.54, 1.807) is 23.5 Å². The van der Waals surface area contributed by atoms with Crippen molar-refractivity contribution < 1.29 is 4.79 Å². The van der Waals surface area contributed by atoms with Gasteiger partial charge in [-0.2, -0.15) is 0 Å². The molecule has 2 aromatic rings. The third kappa shape index (κ3) is 3.74. The van der Waals surface area contributed by atoms with Gasteiger partial charge < -0.3 is 10.6 Å². The monoisotopic (exact) mass is 340 g/mol. The minimum Gasteiger partial charge on any atom is -0.364 e.